The molecule has 7 heteroatoms. The van der Waals surface area contributed by atoms with Gasteiger partial charge in [0.2, 0.25) is 0 Å². The molecule has 2 saturated heterocycles. The van der Waals surface area contributed by atoms with Gasteiger partial charge < -0.3 is 20.9 Å². The SMILES string of the molecule is CCN/C=C(\C=N)c1cc(F)cnc1N1CCN(C2CCC3(CNC3)C2)CC1. The molecule has 2 aliphatic heterocycles. The van der Waals surface area contributed by atoms with Gasteiger partial charge in [-0.15, -0.1) is 0 Å². The third kappa shape index (κ3) is 3.78. The highest BCUT2D eigenvalue weighted by Gasteiger charge is 2.45. The van der Waals surface area contributed by atoms with E-state index in [0.29, 0.717) is 22.6 Å². The summed E-state index contributed by atoms with van der Waals surface area (Å²) in [6.45, 7) is 8.95. The van der Waals surface area contributed by atoms with Crippen LogP contribution < -0.4 is 15.5 Å². The molecule has 0 bridgehead atoms. The van der Waals surface area contributed by atoms with Crippen LogP contribution in [-0.2, 0) is 0 Å². The number of piperazine rings is 1. The Kier molecular flexibility index (Phi) is 5.64. The number of hydrogen-bond acceptors (Lipinski definition) is 6. The summed E-state index contributed by atoms with van der Waals surface area (Å²) in [6, 6.07) is 2.20. The Morgan fingerprint density at radius 2 is 2.18 bits per heavy atom. The van der Waals surface area contributed by atoms with Crippen molar-refractivity contribution in [3.63, 3.8) is 0 Å². The molecule has 3 heterocycles. The Morgan fingerprint density at radius 1 is 1.39 bits per heavy atom. The summed E-state index contributed by atoms with van der Waals surface area (Å²) in [5, 5.41) is 14.3. The second-order valence-electron chi connectivity index (χ2n) is 8.35. The molecular formula is C21H31FN6. The minimum atomic E-state index is -0.369. The van der Waals surface area contributed by atoms with Crippen LogP contribution in [0.1, 0.15) is 31.7 Å². The summed E-state index contributed by atoms with van der Waals surface area (Å²) in [4.78, 5) is 9.28. The zero-order chi connectivity index (χ0) is 19.6. The zero-order valence-electron chi connectivity index (χ0n) is 16.7. The van der Waals surface area contributed by atoms with E-state index in [1.54, 1.807) is 6.20 Å². The molecule has 1 unspecified atom stereocenters. The first kappa shape index (κ1) is 19.3. The molecule has 3 N–H and O–H groups in total. The van der Waals surface area contributed by atoms with E-state index in [4.69, 9.17) is 5.41 Å². The Morgan fingerprint density at radius 3 is 2.79 bits per heavy atom. The first-order valence-corrected chi connectivity index (χ1v) is 10.4. The highest BCUT2D eigenvalue weighted by atomic mass is 19.1. The van der Waals surface area contributed by atoms with Crippen molar-refractivity contribution in [1.82, 2.24) is 20.5 Å². The Labute approximate surface area is 166 Å². The van der Waals surface area contributed by atoms with Crippen molar-refractivity contribution in [2.24, 2.45) is 5.41 Å². The maximum atomic E-state index is 13.9. The fourth-order valence-electron chi connectivity index (χ4n) is 4.89. The van der Waals surface area contributed by atoms with Crippen LogP contribution in [0.25, 0.3) is 5.57 Å². The molecule has 1 aromatic heterocycles. The van der Waals surface area contributed by atoms with Gasteiger partial charge in [0, 0.05) is 75.4 Å². The summed E-state index contributed by atoms with van der Waals surface area (Å²) in [6.07, 6.45) is 8.31. The molecule has 0 radical (unpaired) electrons. The van der Waals surface area contributed by atoms with Crippen LogP contribution in [0.4, 0.5) is 10.2 Å². The highest BCUT2D eigenvalue weighted by molar-refractivity contribution is 6.10. The number of aromatic nitrogens is 1. The van der Waals surface area contributed by atoms with E-state index >= 15 is 0 Å². The van der Waals surface area contributed by atoms with E-state index in [9.17, 15) is 4.39 Å². The molecule has 1 atom stereocenters. The lowest BCUT2D eigenvalue weighted by Crippen LogP contribution is -2.54. The second kappa shape index (κ2) is 8.17. The molecule has 1 aromatic rings. The normalized spacial score (nSPS) is 25.0. The number of nitrogens with one attached hydrogen (secondary N) is 3. The molecular weight excluding hydrogens is 355 g/mol. The van der Waals surface area contributed by atoms with Gasteiger partial charge in [0.25, 0.3) is 0 Å². The fourth-order valence-corrected chi connectivity index (χ4v) is 4.89. The van der Waals surface area contributed by atoms with Gasteiger partial charge in [0.1, 0.15) is 11.6 Å². The number of hydrogen-bond donors (Lipinski definition) is 3. The standard InChI is InChI=1S/C21H31FN6/c1-2-24-12-16(11-23)19-9-17(22)13-26-20(19)28-7-5-27(6-8-28)18-3-4-21(10-18)14-25-15-21/h9,11-13,18,23-25H,2-8,10,14-15H2,1H3/b16-12+,23-11?. The summed E-state index contributed by atoms with van der Waals surface area (Å²) in [5.74, 6) is 0.409. The van der Waals surface area contributed by atoms with Crippen molar-refractivity contribution in [2.75, 3.05) is 50.7 Å². The van der Waals surface area contributed by atoms with Gasteiger partial charge in [0.05, 0.1) is 6.20 Å². The van der Waals surface area contributed by atoms with Crippen LogP contribution in [0.2, 0.25) is 0 Å². The molecule has 6 nitrogen and oxygen atoms in total. The molecule has 28 heavy (non-hydrogen) atoms. The number of anilines is 1. The van der Waals surface area contributed by atoms with Gasteiger partial charge in [-0.05, 0) is 37.7 Å². The van der Waals surface area contributed by atoms with E-state index < -0.39 is 0 Å². The second-order valence-corrected chi connectivity index (χ2v) is 8.35. The van der Waals surface area contributed by atoms with Crippen molar-refractivity contribution in [1.29, 1.82) is 5.41 Å². The van der Waals surface area contributed by atoms with Crippen molar-refractivity contribution >= 4 is 17.6 Å². The molecule has 0 aromatic carbocycles. The number of nitrogens with zero attached hydrogens (tertiary/aromatic N) is 3. The number of pyridine rings is 1. The molecule has 1 spiro atoms. The first-order chi connectivity index (χ1) is 13.6. The van der Waals surface area contributed by atoms with Gasteiger partial charge in [-0.3, -0.25) is 4.90 Å². The van der Waals surface area contributed by atoms with Gasteiger partial charge >= 0.3 is 0 Å². The number of allylic oxidation sites excluding steroid dienone is 1. The van der Waals surface area contributed by atoms with Crippen molar-refractivity contribution in [3.8, 4) is 0 Å². The third-order valence-electron chi connectivity index (χ3n) is 6.57. The molecule has 4 rings (SSSR count). The average Bonchev–Trinajstić information content (AvgIpc) is 3.15. The van der Waals surface area contributed by atoms with Crippen LogP contribution in [0, 0.1) is 16.6 Å². The highest BCUT2D eigenvalue weighted by Crippen LogP contribution is 2.43. The van der Waals surface area contributed by atoms with Gasteiger partial charge in [-0.25, -0.2) is 9.37 Å². The quantitative estimate of drug-likeness (QED) is 0.654. The maximum absolute atomic E-state index is 13.9. The van der Waals surface area contributed by atoms with E-state index in [-0.39, 0.29) is 5.82 Å². The van der Waals surface area contributed by atoms with Crippen molar-refractivity contribution in [3.05, 3.63) is 29.8 Å². The third-order valence-corrected chi connectivity index (χ3v) is 6.57. The van der Waals surface area contributed by atoms with Gasteiger partial charge in [-0.1, -0.05) is 0 Å². The maximum Gasteiger partial charge on any atom is 0.142 e. The lowest BCUT2D eigenvalue weighted by molar-refractivity contribution is 0.135. The minimum absolute atomic E-state index is 0.369. The van der Waals surface area contributed by atoms with E-state index in [1.807, 2.05) is 6.92 Å². The average molecular weight is 387 g/mol. The molecule has 152 valence electrons. The number of rotatable bonds is 6. The summed E-state index contributed by atoms with van der Waals surface area (Å²) >= 11 is 0. The molecule has 3 fully saturated rings. The summed E-state index contributed by atoms with van der Waals surface area (Å²) in [7, 11) is 0. The van der Waals surface area contributed by atoms with Crippen LogP contribution >= 0.6 is 0 Å². The van der Waals surface area contributed by atoms with Gasteiger partial charge in [0.15, 0.2) is 0 Å². The van der Waals surface area contributed by atoms with Crippen molar-refractivity contribution < 1.29 is 4.39 Å². The van der Waals surface area contributed by atoms with Crippen LogP contribution in [-0.4, -0.2) is 68.0 Å². The first-order valence-electron chi connectivity index (χ1n) is 10.4. The topological polar surface area (TPSA) is 67.3 Å². The molecule has 3 aliphatic rings. The molecule has 0 amide bonds. The number of halogens is 1. The Bertz CT molecular complexity index is 736. The zero-order valence-corrected chi connectivity index (χ0v) is 16.7. The largest absolute Gasteiger partial charge is 0.391 e. The summed E-state index contributed by atoms with van der Waals surface area (Å²) in [5.41, 5.74) is 1.91. The lowest BCUT2D eigenvalue weighted by Gasteiger charge is -2.42. The van der Waals surface area contributed by atoms with Crippen LogP contribution in [0.3, 0.4) is 0 Å². The predicted molar refractivity (Wildman–Crippen MR) is 111 cm³/mol. The van der Waals surface area contributed by atoms with E-state index in [2.05, 4.69) is 25.4 Å². The minimum Gasteiger partial charge on any atom is -0.391 e. The van der Waals surface area contributed by atoms with Crippen molar-refractivity contribution in [2.45, 2.75) is 32.2 Å². The van der Waals surface area contributed by atoms with Crippen LogP contribution in [0.15, 0.2) is 18.5 Å². The fraction of sp³-hybridized carbons (Fsp3) is 0.619. The van der Waals surface area contributed by atoms with E-state index in [1.165, 1.54) is 50.8 Å². The van der Waals surface area contributed by atoms with Gasteiger partial charge in [-0.2, -0.15) is 0 Å². The Hall–Kier alpha value is -1.99. The molecule has 1 aliphatic carbocycles. The monoisotopic (exact) mass is 386 g/mol. The van der Waals surface area contributed by atoms with E-state index in [0.717, 1.165) is 38.5 Å². The Balaban J connectivity index is 1.45. The van der Waals surface area contributed by atoms with Crippen LogP contribution in [0.5, 0.6) is 0 Å². The smallest absolute Gasteiger partial charge is 0.142 e. The lowest BCUT2D eigenvalue weighted by atomic mass is 9.80. The predicted octanol–water partition coefficient (Wildman–Crippen LogP) is 2.08. The summed E-state index contributed by atoms with van der Waals surface area (Å²) < 4.78 is 13.9. The molecule has 1 saturated carbocycles.